The van der Waals surface area contributed by atoms with Crippen molar-refractivity contribution in [2.45, 2.75) is 6.54 Å². The lowest BCUT2D eigenvalue weighted by atomic mass is 10.0. The summed E-state index contributed by atoms with van der Waals surface area (Å²) in [5, 5.41) is 3.46. The SMILES string of the molecule is NP(N)(=O)NCc1ccc(-c2ccnc3[nH]c(=O)ccc23)cc1. The fraction of sp³-hybridized carbons (Fsp3) is 0.0667. The van der Waals surface area contributed by atoms with Gasteiger partial charge in [0.05, 0.1) is 0 Å². The number of nitrogens with two attached hydrogens (primary N) is 2. The molecule has 6 N–H and O–H groups in total. The highest BCUT2D eigenvalue weighted by Gasteiger charge is 2.08. The van der Waals surface area contributed by atoms with Gasteiger partial charge in [0.2, 0.25) is 5.56 Å². The molecule has 0 amide bonds. The lowest BCUT2D eigenvalue weighted by Crippen LogP contribution is -2.21. The molecule has 8 heteroatoms. The second kappa shape index (κ2) is 6.06. The van der Waals surface area contributed by atoms with Gasteiger partial charge < -0.3 is 4.98 Å². The smallest absolute Gasteiger partial charge is 0.274 e. The van der Waals surface area contributed by atoms with Gasteiger partial charge in [-0.25, -0.2) is 10.1 Å². The van der Waals surface area contributed by atoms with Gasteiger partial charge in [0.25, 0.3) is 7.59 Å². The summed E-state index contributed by atoms with van der Waals surface area (Å²) in [4.78, 5) is 18.3. The van der Waals surface area contributed by atoms with Crippen LogP contribution in [0.1, 0.15) is 5.56 Å². The molecule has 0 radical (unpaired) electrons. The summed E-state index contributed by atoms with van der Waals surface area (Å²) in [6.07, 6.45) is 1.65. The second-order valence-electron chi connectivity index (χ2n) is 5.18. The molecule has 0 aliphatic heterocycles. The number of H-pyrrole nitrogens is 1. The summed E-state index contributed by atoms with van der Waals surface area (Å²) in [6.45, 7) is 0.328. The lowest BCUT2D eigenvalue weighted by molar-refractivity contribution is 0.566. The fourth-order valence-electron chi connectivity index (χ4n) is 2.33. The van der Waals surface area contributed by atoms with Crippen molar-refractivity contribution in [1.82, 2.24) is 15.1 Å². The fourth-order valence-corrected chi connectivity index (χ4v) is 2.76. The van der Waals surface area contributed by atoms with Crippen molar-refractivity contribution in [3.8, 4) is 11.1 Å². The average Bonchev–Trinajstić information content (AvgIpc) is 2.52. The Bertz CT molecular complexity index is 946. The largest absolute Gasteiger partial charge is 0.307 e. The van der Waals surface area contributed by atoms with Crippen LogP contribution in [0.3, 0.4) is 0 Å². The molecule has 0 unspecified atom stereocenters. The van der Waals surface area contributed by atoms with Gasteiger partial charge >= 0.3 is 0 Å². The summed E-state index contributed by atoms with van der Waals surface area (Å²) in [5.74, 6) is 0. The molecular formula is C15H16N5O2P. The number of nitrogens with zero attached hydrogens (tertiary/aromatic N) is 1. The van der Waals surface area contributed by atoms with Crippen LogP contribution in [-0.4, -0.2) is 9.97 Å². The van der Waals surface area contributed by atoms with Gasteiger partial charge in [-0.05, 0) is 28.8 Å². The Labute approximate surface area is 132 Å². The van der Waals surface area contributed by atoms with Crippen molar-refractivity contribution in [2.75, 3.05) is 0 Å². The van der Waals surface area contributed by atoms with E-state index in [-0.39, 0.29) is 5.56 Å². The number of aromatic amines is 1. The Morgan fingerprint density at radius 1 is 1.09 bits per heavy atom. The van der Waals surface area contributed by atoms with Crippen molar-refractivity contribution in [3.05, 3.63) is 64.6 Å². The van der Waals surface area contributed by atoms with Gasteiger partial charge in [-0.3, -0.25) is 20.4 Å². The molecule has 23 heavy (non-hydrogen) atoms. The van der Waals surface area contributed by atoms with E-state index in [9.17, 15) is 9.36 Å². The number of pyridine rings is 2. The third kappa shape index (κ3) is 3.72. The standard InChI is InChI=1S/C15H16N5O2P/c16-23(17,22)19-9-10-1-3-11(4-2-10)12-7-8-18-15-13(12)5-6-14(21)20-15/h1-8H,9H2,(H,18,20,21)(H5,16,17,19,22). The molecule has 0 aliphatic rings. The maximum atomic E-state index is 11.4. The van der Waals surface area contributed by atoms with Gasteiger partial charge in [-0.15, -0.1) is 0 Å². The molecule has 2 heterocycles. The number of hydrogen-bond acceptors (Lipinski definition) is 3. The molecule has 0 atom stereocenters. The van der Waals surface area contributed by atoms with Crippen molar-refractivity contribution in [2.24, 2.45) is 11.0 Å². The van der Waals surface area contributed by atoms with E-state index in [4.69, 9.17) is 11.0 Å². The zero-order chi connectivity index (χ0) is 16.4. The van der Waals surface area contributed by atoms with Crippen LogP contribution in [-0.2, 0) is 11.1 Å². The first-order valence-electron chi connectivity index (χ1n) is 6.92. The van der Waals surface area contributed by atoms with Crippen LogP contribution in [0.5, 0.6) is 0 Å². The minimum Gasteiger partial charge on any atom is -0.307 e. The number of benzene rings is 1. The lowest BCUT2D eigenvalue weighted by Gasteiger charge is -2.10. The number of aromatic nitrogens is 2. The average molecular weight is 329 g/mol. The van der Waals surface area contributed by atoms with E-state index in [1.54, 1.807) is 12.3 Å². The number of fused-ring (bicyclic) bond motifs is 1. The van der Waals surface area contributed by atoms with Crippen molar-refractivity contribution in [3.63, 3.8) is 0 Å². The molecule has 118 valence electrons. The van der Waals surface area contributed by atoms with Gasteiger partial charge in [0, 0.05) is 24.2 Å². The molecule has 3 aromatic rings. The zero-order valence-corrected chi connectivity index (χ0v) is 13.1. The number of hydrogen-bond donors (Lipinski definition) is 4. The van der Waals surface area contributed by atoms with Crippen LogP contribution in [0, 0.1) is 0 Å². The molecule has 0 spiro atoms. The quantitative estimate of drug-likeness (QED) is 0.540. The van der Waals surface area contributed by atoms with E-state index in [0.29, 0.717) is 12.2 Å². The van der Waals surface area contributed by atoms with Gasteiger partial charge in [0.1, 0.15) is 5.65 Å². The first-order valence-corrected chi connectivity index (χ1v) is 8.76. The predicted octanol–water partition coefficient (Wildman–Crippen LogP) is 1.71. The Morgan fingerprint density at radius 2 is 1.83 bits per heavy atom. The number of rotatable bonds is 4. The van der Waals surface area contributed by atoms with Gasteiger partial charge in [-0.1, -0.05) is 24.3 Å². The van der Waals surface area contributed by atoms with Crippen molar-refractivity contribution >= 4 is 18.6 Å². The maximum absolute atomic E-state index is 11.4. The van der Waals surface area contributed by atoms with Crippen LogP contribution in [0.4, 0.5) is 0 Å². The van der Waals surface area contributed by atoms with Crippen LogP contribution in [0.2, 0.25) is 0 Å². The summed E-state index contributed by atoms with van der Waals surface area (Å²) in [6, 6.07) is 12.8. The monoisotopic (exact) mass is 329 g/mol. The van der Waals surface area contributed by atoms with E-state index in [1.165, 1.54) is 6.07 Å². The van der Waals surface area contributed by atoms with Crippen molar-refractivity contribution in [1.29, 1.82) is 0 Å². The Morgan fingerprint density at radius 3 is 2.52 bits per heavy atom. The van der Waals surface area contributed by atoms with Crippen LogP contribution in [0.25, 0.3) is 22.2 Å². The predicted molar refractivity (Wildman–Crippen MR) is 90.6 cm³/mol. The summed E-state index contributed by atoms with van der Waals surface area (Å²) < 4.78 is 11.3. The highest BCUT2D eigenvalue weighted by Crippen LogP contribution is 2.26. The van der Waals surface area contributed by atoms with Crippen LogP contribution >= 0.6 is 7.59 Å². The van der Waals surface area contributed by atoms with E-state index >= 15 is 0 Å². The van der Waals surface area contributed by atoms with E-state index in [0.717, 1.165) is 22.1 Å². The molecule has 0 fully saturated rings. The normalized spacial score (nSPS) is 11.7. The second-order valence-corrected chi connectivity index (χ2v) is 6.92. The highest BCUT2D eigenvalue weighted by molar-refractivity contribution is 7.56. The van der Waals surface area contributed by atoms with E-state index in [2.05, 4.69) is 15.1 Å². The van der Waals surface area contributed by atoms with Gasteiger partial charge in [0.15, 0.2) is 0 Å². The molecule has 0 saturated heterocycles. The third-order valence-corrected chi connectivity index (χ3v) is 4.08. The minimum absolute atomic E-state index is 0.184. The molecular weight excluding hydrogens is 313 g/mol. The highest BCUT2D eigenvalue weighted by atomic mass is 31.2. The minimum atomic E-state index is -3.23. The summed E-state index contributed by atoms with van der Waals surface area (Å²) >= 11 is 0. The Balaban J connectivity index is 1.93. The summed E-state index contributed by atoms with van der Waals surface area (Å²) in [5.41, 5.74) is 13.8. The summed E-state index contributed by atoms with van der Waals surface area (Å²) in [7, 11) is -3.23. The zero-order valence-electron chi connectivity index (χ0n) is 12.2. The Kier molecular flexibility index (Phi) is 4.11. The third-order valence-electron chi connectivity index (χ3n) is 3.43. The van der Waals surface area contributed by atoms with E-state index in [1.807, 2.05) is 30.3 Å². The first-order chi connectivity index (χ1) is 10.9. The van der Waals surface area contributed by atoms with Crippen LogP contribution < -0.4 is 21.7 Å². The molecule has 1 aromatic carbocycles. The molecule has 7 nitrogen and oxygen atoms in total. The van der Waals surface area contributed by atoms with E-state index < -0.39 is 7.59 Å². The molecule has 0 saturated carbocycles. The molecule has 0 bridgehead atoms. The van der Waals surface area contributed by atoms with Crippen LogP contribution in [0.15, 0.2) is 53.5 Å². The Hall–Kier alpha value is -2.31. The molecule has 2 aromatic heterocycles. The first kappa shape index (κ1) is 15.6. The maximum Gasteiger partial charge on any atom is 0.274 e. The van der Waals surface area contributed by atoms with Crippen molar-refractivity contribution < 1.29 is 4.57 Å². The molecule has 3 rings (SSSR count). The topological polar surface area (TPSA) is 127 Å². The number of nitrogens with one attached hydrogen (secondary N) is 2. The van der Waals surface area contributed by atoms with Gasteiger partial charge in [-0.2, -0.15) is 0 Å². The molecule has 0 aliphatic carbocycles.